The van der Waals surface area contributed by atoms with Crippen LogP contribution < -0.4 is 25.7 Å². The van der Waals surface area contributed by atoms with Gasteiger partial charge in [0.25, 0.3) is 17.0 Å². The van der Waals surface area contributed by atoms with Gasteiger partial charge in [-0.1, -0.05) is 66.4 Å². The summed E-state index contributed by atoms with van der Waals surface area (Å²) in [7, 11) is 3.60. The van der Waals surface area contributed by atoms with E-state index < -0.39 is 0 Å². The van der Waals surface area contributed by atoms with E-state index >= 15 is 0 Å². The number of phenols is 1. The number of thiocarbonyl (C=S) groups is 1. The summed E-state index contributed by atoms with van der Waals surface area (Å²) in [5, 5.41) is 9.91. The summed E-state index contributed by atoms with van der Waals surface area (Å²) >= 11 is 8.14. The maximum Gasteiger partial charge on any atom is 0.296 e. The smallest absolute Gasteiger partial charge is 0.296 e. The Morgan fingerprint density at radius 1 is 0.827 bits per heavy atom. The van der Waals surface area contributed by atoms with E-state index in [0.29, 0.717) is 51.5 Å². The maximum absolute atomic E-state index is 13.3. The maximum atomic E-state index is 13.3. The first-order valence-electron chi connectivity index (χ1n) is 16.2. The van der Waals surface area contributed by atoms with Crippen LogP contribution in [0.25, 0.3) is 17.5 Å². The Bertz CT molecular complexity index is 2340. The van der Waals surface area contributed by atoms with Crippen molar-refractivity contribution in [1.82, 2.24) is 18.7 Å². The second-order valence-electron chi connectivity index (χ2n) is 11.8. The summed E-state index contributed by atoms with van der Waals surface area (Å²) in [5.74, 6) is 0.990. The molecule has 2 aromatic heterocycles. The lowest BCUT2D eigenvalue weighted by Gasteiger charge is -2.12. The number of para-hydroxylation sites is 2. The number of amides is 2. The predicted octanol–water partition coefficient (Wildman–Crippen LogP) is 5.52. The summed E-state index contributed by atoms with van der Waals surface area (Å²) in [6.07, 6.45) is 1.68. The molecule has 0 bridgehead atoms. The number of rotatable bonds is 7. The molecule has 3 aromatic carbocycles. The number of aromatic hydroxyl groups is 1. The van der Waals surface area contributed by atoms with Crippen molar-refractivity contribution in [2.24, 2.45) is 14.1 Å². The fraction of sp³-hybridized carbons (Fsp3) is 0.216. The minimum atomic E-state index is -0.364. The van der Waals surface area contributed by atoms with Crippen LogP contribution in [0, 0.1) is 13.8 Å². The molecule has 15 heteroatoms. The van der Waals surface area contributed by atoms with E-state index in [1.54, 1.807) is 51.1 Å². The Morgan fingerprint density at radius 2 is 1.38 bits per heavy atom. The molecule has 268 valence electrons. The Balaban J connectivity index is 0.000000198. The van der Waals surface area contributed by atoms with Gasteiger partial charge in [0.1, 0.15) is 11.4 Å². The highest BCUT2D eigenvalue weighted by atomic mass is 32.2. The Morgan fingerprint density at radius 3 is 1.92 bits per heavy atom. The summed E-state index contributed by atoms with van der Waals surface area (Å²) in [4.78, 5) is 54.4. The highest BCUT2D eigenvalue weighted by molar-refractivity contribution is 8.27. The molecule has 0 radical (unpaired) electrons. The fourth-order valence-corrected chi connectivity index (χ4v) is 8.09. The minimum Gasteiger partial charge on any atom is -0.504 e. The van der Waals surface area contributed by atoms with Gasteiger partial charge in [0.05, 0.1) is 45.9 Å². The average Bonchev–Trinajstić information content (AvgIpc) is 3.80. The number of nitrogens with zero attached hydrogens (tertiary/aromatic N) is 6. The minimum absolute atomic E-state index is 0.000937. The monoisotopic (exact) mass is 756 g/mol. The van der Waals surface area contributed by atoms with E-state index in [1.807, 2.05) is 81.6 Å². The summed E-state index contributed by atoms with van der Waals surface area (Å²) in [6.45, 7) is 5.88. The molecule has 52 heavy (non-hydrogen) atoms. The molecule has 2 aliphatic heterocycles. The molecule has 2 fully saturated rings. The molecule has 0 atom stereocenters. The Hall–Kier alpha value is -5.25. The van der Waals surface area contributed by atoms with Crippen molar-refractivity contribution in [2.75, 3.05) is 28.0 Å². The third kappa shape index (κ3) is 6.74. The summed E-state index contributed by atoms with van der Waals surface area (Å²) in [6, 6.07) is 23.5. The lowest BCUT2D eigenvalue weighted by atomic mass is 10.2. The van der Waals surface area contributed by atoms with Crippen LogP contribution in [0.2, 0.25) is 0 Å². The fourth-order valence-electron chi connectivity index (χ4n) is 5.94. The quantitative estimate of drug-likeness (QED) is 0.169. The van der Waals surface area contributed by atoms with E-state index in [1.165, 1.54) is 27.4 Å². The highest BCUT2D eigenvalue weighted by Gasteiger charge is 2.38. The van der Waals surface area contributed by atoms with Gasteiger partial charge in [-0.05, 0) is 68.8 Å². The molecule has 2 aliphatic rings. The molecule has 2 saturated heterocycles. The third-order valence-electron chi connectivity index (χ3n) is 8.66. The first-order valence-corrected chi connectivity index (χ1v) is 18.6. The molecule has 2 amide bonds. The van der Waals surface area contributed by atoms with Crippen LogP contribution in [0.3, 0.4) is 0 Å². The number of ether oxygens (including phenoxy) is 1. The number of aromatic nitrogens is 4. The topological polar surface area (TPSA) is 124 Å². The number of benzene rings is 3. The molecule has 7 rings (SSSR count). The van der Waals surface area contributed by atoms with Crippen LogP contribution in [-0.4, -0.2) is 58.2 Å². The standard InChI is InChI=1S/C23H21N3O4S2.C14H15N3O2S/c1-4-30-18-12-15(10-11-17(18)27)13-19-21(28)25(23(31)32-19)20-14(2)24(3)26(22(20)29)16-8-6-5-7-9-16;1-10-13(16-9-20-8-12(16)18)14(19)17(15(10)2)11-6-4-3-5-7-11/h5-13,27H,4H2,1-3H3;3-7H,8-9H2,1-2H3/b19-13-;. The van der Waals surface area contributed by atoms with E-state index in [-0.39, 0.29) is 38.7 Å². The third-order valence-corrected chi connectivity index (χ3v) is 10.9. The van der Waals surface area contributed by atoms with Crippen molar-refractivity contribution in [1.29, 1.82) is 0 Å². The van der Waals surface area contributed by atoms with Crippen molar-refractivity contribution >= 4 is 69.3 Å². The molecular weight excluding hydrogens is 721 g/mol. The lowest BCUT2D eigenvalue weighted by molar-refractivity contribution is -0.115. The summed E-state index contributed by atoms with van der Waals surface area (Å²) < 4.78 is 12.3. The number of carbonyl (C=O) groups is 2. The molecule has 12 nitrogen and oxygen atoms in total. The number of phenolic OH excluding ortho intramolecular Hbond substituents is 1. The Kier molecular flexibility index (Phi) is 10.6. The van der Waals surface area contributed by atoms with Gasteiger partial charge in [-0.3, -0.25) is 38.3 Å². The van der Waals surface area contributed by atoms with Crippen molar-refractivity contribution < 1.29 is 19.4 Å². The van der Waals surface area contributed by atoms with Crippen LogP contribution in [-0.2, 0) is 23.7 Å². The second-order valence-corrected chi connectivity index (χ2v) is 14.4. The van der Waals surface area contributed by atoms with E-state index in [4.69, 9.17) is 17.0 Å². The number of carbonyl (C=O) groups excluding carboxylic acids is 2. The first kappa shape index (κ1) is 36.5. The second kappa shape index (κ2) is 15.2. The van der Waals surface area contributed by atoms with Gasteiger partial charge in [-0.15, -0.1) is 11.8 Å². The summed E-state index contributed by atoms with van der Waals surface area (Å²) in [5.41, 5.74) is 3.86. The molecule has 0 spiro atoms. The van der Waals surface area contributed by atoms with Crippen LogP contribution >= 0.6 is 35.7 Å². The van der Waals surface area contributed by atoms with E-state index in [9.17, 15) is 24.3 Å². The van der Waals surface area contributed by atoms with E-state index in [0.717, 1.165) is 23.1 Å². The van der Waals surface area contributed by atoms with Crippen LogP contribution in [0.1, 0.15) is 23.9 Å². The molecule has 0 aliphatic carbocycles. The average molecular weight is 757 g/mol. The van der Waals surface area contributed by atoms with Gasteiger partial charge in [-0.25, -0.2) is 9.36 Å². The number of hydrogen-bond acceptors (Lipinski definition) is 9. The normalized spacial score (nSPS) is 15.1. The highest BCUT2D eigenvalue weighted by Crippen LogP contribution is 2.37. The molecule has 1 N–H and O–H groups in total. The van der Waals surface area contributed by atoms with Crippen molar-refractivity contribution in [3.05, 3.63) is 121 Å². The molecule has 0 unspecified atom stereocenters. The van der Waals surface area contributed by atoms with Crippen molar-refractivity contribution in [3.8, 4) is 22.9 Å². The zero-order valence-corrected chi connectivity index (χ0v) is 31.6. The van der Waals surface area contributed by atoms with Crippen LogP contribution in [0.4, 0.5) is 11.4 Å². The number of anilines is 2. The zero-order chi connectivity index (χ0) is 37.3. The zero-order valence-electron chi connectivity index (χ0n) is 29.1. The number of thioether (sulfide) groups is 2. The molecule has 0 saturated carbocycles. The van der Waals surface area contributed by atoms with Crippen molar-refractivity contribution in [2.45, 2.75) is 20.8 Å². The lowest BCUT2D eigenvalue weighted by Crippen LogP contribution is -2.33. The molecule has 5 aromatic rings. The van der Waals surface area contributed by atoms with Gasteiger partial charge in [0, 0.05) is 14.1 Å². The van der Waals surface area contributed by atoms with Crippen LogP contribution in [0.5, 0.6) is 11.5 Å². The number of hydrogen-bond donors (Lipinski definition) is 1. The van der Waals surface area contributed by atoms with Crippen molar-refractivity contribution in [3.63, 3.8) is 0 Å². The van der Waals surface area contributed by atoms with E-state index in [2.05, 4.69) is 0 Å². The molecule has 4 heterocycles. The van der Waals surface area contributed by atoms with Gasteiger partial charge in [-0.2, -0.15) is 0 Å². The van der Waals surface area contributed by atoms with Gasteiger partial charge < -0.3 is 9.84 Å². The van der Waals surface area contributed by atoms with Gasteiger partial charge in [0.15, 0.2) is 15.8 Å². The first-order chi connectivity index (χ1) is 24.9. The predicted molar refractivity (Wildman–Crippen MR) is 211 cm³/mol. The molecular formula is C37H36N6O6S3. The van der Waals surface area contributed by atoms with Gasteiger partial charge in [0.2, 0.25) is 5.91 Å². The van der Waals surface area contributed by atoms with Gasteiger partial charge >= 0.3 is 0 Å². The largest absolute Gasteiger partial charge is 0.504 e. The Labute approximate surface area is 313 Å². The SMILES string of the molecule is CCOc1cc(/C=C2\SC(=S)N(c3c(C)n(C)n(-c4ccccc4)c3=O)C2=O)ccc1O.Cc1c(N2CSCC2=O)c(=O)n(-c2ccccc2)n1C. The van der Waals surface area contributed by atoms with Crippen LogP contribution in [0.15, 0.2) is 93.4 Å².